The van der Waals surface area contributed by atoms with Gasteiger partial charge in [0.25, 0.3) is 5.69 Å². The van der Waals surface area contributed by atoms with E-state index in [1.807, 2.05) is 0 Å². The van der Waals surface area contributed by atoms with Gasteiger partial charge in [-0.2, -0.15) is 0 Å². The molecular weight excluding hydrogens is 284 g/mol. The predicted octanol–water partition coefficient (Wildman–Crippen LogP) is 3.69. The highest BCUT2D eigenvalue weighted by Crippen LogP contribution is 2.33. The number of hydrogen-bond acceptors (Lipinski definition) is 4. The maximum absolute atomic E-state index is 11.2. The van der Waals surface area contributed by atoms with Crippen molar-refractivity contribution in [1.82, 2.24) is 0 Å². The largest absolute Gasteiger partial charge is 0.478 e. The number of halogens is 1. The molecule has 0 saturated carbocycles. The number of carboxylic acids is 1. The topological polar surface area (TPSA) is 92.5 Å². The molecule has 0 aliphatic heterocycles. The van der Waals surface area contributed by atoms with Gasteiger partial charge in [0.15, 0.2) is 0 Å². The normalized spacial score (nSPS) is 10.1. The highest BCUT2D eigenvalue weighted by molar-refractivity contribution is 6.33. The van der Waals surface area contributed by atoms with Crippen LogP contribution >= 0.6 is 11.6 Å². The summed E-state index contributed by atoms with van der Waals surface area (Å²) in [4.78, 5) is 21.5. The molecule has 0 aliphatic carbocycles. The number of nitrogens with one attached hydrogen (secondary N) is 1. The van der Waals surface area contributed by atoms with Crippen molar-refractivity contribution in [3.8, 4) is 0 Å². The van der Waals surface area contributed by atoms with Gasteiger partial charge in [0.1, 0.15) is 5.69 Å². The molecule has 0 spiro atoms. The molecule has 7 heteroatoms. The van der Waals surface area contributed by atoms with E-state index >= 15 is 0 Å². The molecule has 0 unspecified atom stereocenters. The lowest BCUT2D eigenvalue weighted by atomic mass is 10.1. The van der Waals surface area contributed by atoms with E-state index in [1.54, 1.807) is 24.3 Å². The van der Waals surface area contributed by atoms with E-state index < -0.39 is 10.9 Å². The number of para-hydroxylation sites is 2. The molecule has 2 aromatic rings. The van der Waals surface area contributed by atoms with Crippen LogP contribution in [0.25, 0.3) is 0 Å². The van der Waals surface area contributed by atoms with E-state index in [1.165, 1.54) is 18.2 Å². The van der Waals surface area contributed by atoms with Crippen molar-refractivity contribution >= 4 is 34.6 Å². The summed E-state index contributed by atoms with van der Waals surface area (Å²) in [7, 11) is 0. The summed E-state index contributed by atoms with van der Waals surface area (Å²) in [6.07, 6.45) is 0. The molecule has 0 aromatic heterocycles. The number of nitro groups is 1. The van der Waals surface area contributed by atoms with Crippen molar-refractivity contribution in [1.29, 1.82) is 0 Å². The summed E-state index contributed by atoms with van der Waals surface area (Å²) in [6, 6.07) is 10.4. The summed E-state index contributed by atoms with van der Waals surface area (Å²) >= 11 is 5.96. The van der Waals surface area contributed by atoms with Crippen LogP contribution in [0.5, 0.6) is 0 Å². The van der Waals surface area contributed by atoms with Crippen molar-refractivity contribution < 1.29 is 14.8 Å². The summed E-state index contributed by atoms with van der Waals surface area (Å²) in [5.41, 5.74) is -0.229. The summed E-state index contributed by atoms with van der Waals surface area (Å²) < 4.78 is 0. The number of nitrogens with zero attached hydrogens (tertiary/aromatic N) is 1. The molecule has 0 fully saturated rings. The molecule has 0 aliphatic rings. The fourth-order valence-corrected chi connectivity index (χ4v) is 1.88. The Balaban J connectivity index is 2.57. The molecule has 2 N–H and O–H groups in total. The fourth-order valence-electron chi connectivity index (χ4n) is 1.70. The molecule has 0 bridgehead atoms. The molecule has 0 radical (unpaired) electrons. The van der Waals surface area contributed by atoms with Gasteiger partial charge in [-0.3, -0.25) is 10.1 Å². The number of anilines is 2. The minimum Gasteiger partial charge on any atom is -0.478 e. The van der Waals surface area contributed by atoms with Gasteiger partial charge in [0.2, 0.25) is 0 Å². The quantitative estimate of drug-likeness (QED) is 0.662. The molecular formula is C13H9ClN2O4. The first-order valence-electron chi connectivity index (χ1n) is 5.53. The first kappa shape index (κ1) is 13.8. The molecule has 0 atom stereocenters. The lowest BCUT2D eigenvalue weighted by Crippen LogP contribution is -2.06. The van der Waals surface area contributed by atoms with E-state index in [9.17, 15) is 14.9 Å². The van der Waals surface area contributed by atoms with Gasteiger partial charge in [0.05, 0.1) is 21.2 Å². The lowest BCUT2D eigenvalue weighted by Gasteiger charge is -2.11. The average molecular weight is 293 g/mol. The summed E-state index contributed by atoms with van der Waals surface area (Å²) in [5.74, 6) is -1.26. The number of hydrogen-bond donors (Lipinski definition) is 2. The second-order valence-electron chi connectivity index (χ2n) is 3.87. The van der Waals surface area contributed by atoms with Crippen LogP contribution in [0.1, 0.15) is 10.4 Å². The molecule has 2 aromatic carbocycles. The number of carboxylic acid groups (broad SMARTS) is 1. The summed E-state index contributed by atoms with van der Waals surface area (Å²) in [5, 5.41) is 23.2. The van der Waals surface area contributed by atoms with E-state index in [0.717, 1.165) is 0 Å². The molecule has 102 valence electrons. The SMILES string of the molecule is O=C(O)c1cccc([N+](=O)[O-])c1Nc1ccccc1Cl. The van der Waals surface area contributed by atoms with Crippen LogP contribution in [-0.2, 0) is 0 Å². The summed E-state index contributed by atoms with van der Waals surface area (Å²) in [6.45, 7) is 0. The van der Waals surface area contributed by atoms with Gasteiger partial charge in [-0.15, -0.1) is 0 Å². The monoisotopic (exact) mass is 292 g/mol. The van der Waals surface area contributed by atoms with Gasteiger partial charge in [0, 0.05) is 6.07 Å². The Morgan fingerprint density at radius 1 is 1.20 bits per heavy atom. The van der Waals surface area contributed by atoms with E-state index in [2.05, 4.69) is 5.32 Å². The van der Waals surface area contributed by atoms with Crippen LogP contribution in [0, 0.1) is 10.1 Å². The van der Waals surface area contributed by atoms with Crippen molar-refractivity contribution in [2.75, 3.05) is 5.32 Å². The Morgan fingerprint density at radius 2 is 1.90 bits per heavy atom. The molecule has 2 rings (SSSR count). The van der Waals surface area contributed by atoms with Crippen LogP contribution in [0.2, 0.25) is 5.02 Å². The van der Waals surface area contributed by atoms with Crippen LogP contribution in [0.15, 0.2) is 42.5 Å². The number of carbonyl (C=O) groups is 1. The average Bonchev–Trinajstić information content (AvgIpc) is 2.41. The van der Waals surface area contributed by atoms with Crippen molar-refractivity contribution in [3.63, 3.8) is 0 Å². The lowest BCUT2D eigenvalue weighted by molar-refractivity contribution is -0.383. The third-order valence-electron chi connectivity index (χ3n) is 2.60. The third kappa shape index (κ3) is 2.70. The smallest absolute Gasteiger partial charge is 0.338 e. The first-order chi connectivity index (χ1) is 9.50. The van der Waals surface area contributed by atoms with Crippen molar-refractivity contribution in [3.05, 3.63) is 63.2 Å². The second-order valence-corrected chi connectivity index (χ2v) is 4.27. The first-order valence-corrected chi connectivity index (χ1v) is 5.90. The molecule has 6 nitrogen and oxygen atoms in total. The number of aromatic carboxylic acids is 1. The van der Waals surface area contributed by atoms with Gasteiger partial charge >= 0.3 is 5.97 Å². The van der Waals surface area contributed by atoms with Crippen LogP contribution in [0.4, 0.5) is 17.1 Å². The standard InChI is InChI=1S/C13H9ClN2O4/c14-9-5-1-2-6-10(9)15-12-8(13(17)18)4-3-7-11(12)16(19)20/h1-7,15H,(H,17,18). The predicted molar refractivity (Wildman–Crippen MR) is 74.8 cm³/mol. The van der Waals surface area contributed by atoms with E-state index in [4.69, 9.17) is 16.7 Å². The van der Waals surface area contributed by atoms with Gasteiger partial charge in [-0.25, -0.2) is 4.79 Å². The molecule has 0 amide bonds. The zero-order chi connectivity index (χ0) is 14.7. The Labute approximate surface area is 118 Å². The molecule has 20 heavy (non-hydrogen) atoms. The molecule has 0 heterocycles. The van der Waals surface area contributed by atoms with Crippen LogP contribution in [-0.4, -0.2) is 16.0 Å². The fraction of sp³-hybridized carbons (Fsp3) is 0. The highest BCUT2D eigenvalue weighted by Gasteiger charge is 2.21. The maximum atomic E-state index is 11.2. The Kier molecular flexibility index (Phi) is 3.86. The van der Waals surface area contributed by atoms with Crippen LogP contribution < -0.4 is 5.32 Å². The maximum Gasteiger partial charge on any atom is 0.338 e. The number of benzene rings is 2. The Bertz CT molecular complexity index is 656. The van der Waals surface area contributed by atoms with E-state index in [-0.39, 0.29) is 16.9 Å². The zero-order valence-electron chi connectivity index (χ0n) is 10.0. The Morgan fingerprint density at radius 3 is 2.50 bits per heavy atom. The number of rotatable bonds is 4. The van der Waals surface area contributed by atoms with Gasteiger partial charge in [-0.05, 0) is 18.2 Å². The van der Waals surface area contributed by atoms with Crippen molar-refractivity contribution in [2.45, 2.75) is 0 Å². The highest BCUT2D eigenvalue weighted by atomic mass is 35.5. The Hall–Kier alpha value is -2.60. The zero-order valence-corrected chi connectivity index (χ0v) is 10.8. The van der Waals surface area contributed by atoms with Crippen LogP contribution in [0.3, 0.4) is 0 Å². The number of nitro benzene ring substituents is 1. The van der Waals surface area contributed by atoms with Gasteiger partial charge < -0.3 is 10.4 Å². The second kappa shape index (κ2) is 5.58. The molecule has 0 saturated heterocycles. The van der Waals surface area contributed by atoms with E-state index in [0.29, 0.717) is 10.7 Å². The van der Waals surface area contributed by atoms with Gasteiger partial charge in [-0.1, -0.05) is 29.8 Å². The minimum absolute atomic E-state index is 0.0990. The minimum atomic E-state index is -1.26. The van der Waals surface area contributed by atoms with Crippen molar-refractivity contribution in [2.24, 2.45) is 0 Å². The third-order valence-corrected chi connectivity index (χ3v) is 2.93.